The van der Waals surface area contributed by atoms with Crippen LogP contribution in [0.25, 0.3) is 0 Å². The fourth-order valence-corrected chi connectivity index (χ4v) is 0.820. The van der Waals surface area contributed by atoms with Gasteiger partial charge >= 0.3 is 0 Å². The van der Waals surface area contributed by atoms with E-state index in [9.17, 15) is 0 Å². The molecule has 0 aromatic heterocycles. The number of thioether (sulfide) groups is 1. The van der Waals surface area contributed by atoms with E-state index in [-0.39, 0.29) is 0 Å². The van der Waals surface area contributed by atoms with Crippen LogP contribution in [0.4, 0.5) is 0 Å². The summed E-state index contributed by atoms with van der Waals surface area (Å²) in [6.45, 7) is 4.95. The van der Waals surface area contributed by atoms with Gasteiger partial charge < -0.3 is 0 Å². The van der Waals surface area contributed by atoms with E-state index in [1.165, 1.54) is 11.8 Å². The lowest BCUT2D eigenvalue weighted by Gasteiger charge is -2.01. The van der Waals surface area contributed by atoms with Gasteiger partial charge in [0.15, 0.2) is 11.4 Å². The van der Waals surface area contributed by atoms with Crippen molar-refractivity contribution in [2.45, 2.75) is 13.8 Å². The van der Waals surface area contributed by atoms with E-state index in [1.54, 1.807) is 0 Å². The molecule has 0 saturated heterocycles. The maximum atomic E-state index is 8.28. The molecule has 0 amide bonds. The van der Waals surface area contributed by atoms with Crippen molar-refractivity contribution in [2.75, 3.05) is 12.8 Å². The summed E-state index contributed by atoms with van der Waals surface area (Å²) in [6.07, 6.45) is 3.73. The maximum absolute atomic E-state index is 8.28. The van der Waals surface area contributed by atoms with Crippen molar-refractivity contribution in [3.05, 3.63) is 0 Å². The fourth-order valence-electron chi connectivity index (χ4n) is 0.468. The minimum atomic E-state index is 0.539. The number of nitrogens with one attached hydrogen (secondary N) is 1. The molecular weight excluding hydrogens is 158 g/mol. The molecule has 1 N–H and O–H groups in total. The minimum Gasteiger partial charge on any atom is -0.272 e. The third-order valence-corrected chi connectivity index (χ3v) is 1.57. The van der Waals surface area contributed by atoms with E-state index in [0.717, 1.165) is 6.54 Å². The average molecular weight is 171 g/mol. The van der Waals surface area contributed by atoms with Crippen molar-refractivity contribution in [3.8, 4) is 6.19 Å². The van der Waals surface area contributed by atoms with Gasteiger partial charge in [-0.05, 0) is 12.2 Å². The molecule has 0 aliphatic carbocycles. The summed E-state index contributed by atoms with van der Waals surface area (Å²) in [4.78, 5) is 4.18. The Kier molecular flexibility index (Phi) is 5.67. The molecule has 0 fully saturated rings. The summed E-state index contributed by atoms with van der Waals surface area (Å²) in [7, 11) is 0. The number of hydrogen-bond donors (Lipinski definition) is 1. The highest BCUT2D eigenvalue weighted by Gasteiger charge is 1.95. The third-order valence-electron chi connectivity index (χ3n) is 0.956. The van der Waals surface area contributed by atoms with Crippen molar-refractivity contribution in [1.82, 2.24) is 5.32 Å². The molecule has 0 unspecified atom stereocenters. The number of rotatable bonds is 2. The highest BCUT2D eigenvalue weighted by Crippen LogP contribution is 1.98. The van der Waals surface area contributed by atoms with E-state index in [1.807, 2.05) is 12.4 Å². The molecule has 0 radical (unpaired) electrons. The van der Waals surface area contributed by atoms with Crippen LogP contribution in [0.5, 0.6) is 0 Å². The molecule has 11 heavy (non-hydrogen) atoms. The van der Waals surface area contributed by atoms with Gasteiger partial charge in [0, 0.05) is 6.54 Å². The van der Waals surface area contributed by atoms with Gasteiger partial charge in [-0.3, -0.25) is 10.3 Å². The molecule has 0 heterocycles. The van der Waals surface area contributed by atoms with Crippen LogP contribution >= 0.6 is 11.8 Å². The topological polar surface area (TPSA) is 48.2 Å². The quantitative estimate of drug-likeness (QED) is 0.296. The van der Waals surface area contributed by atoms with Gasteiger partial charge in [-0.15, -0.1) is 0 Å². The fraction of sp³-hybridized carbons (Fsp3) is 0.714. The highest BCUT2D eigenvalue weighted by molar-refractivity contribution is 8.13. The summed E-state index contributed by atoms with van der Waals surface area (Å²) in [5, 5.41) is 11.5. The van der Waals surface area contributed by atoms with Crippen LogP contribution in [0.3, 0.4) is 0 Å². The van der Waals surface area contributed by atoms with E-state index in [0.29, 0.717) is 11.1 Å². The van der Waals surface area contributed by atoms with Crippen molar-refractivity contribution < 1.29 is 0 Å². The van der Waals surface area contributed by atoms with Crippen LogP contribution in [0.2, 0.25) is 0 Å². The normalized spacial score (nSPS) is 11.4. The molecule has 3 nitrogen and oxygen atoms in total. The van der Waals surface area contributed by atoms with Crippen LogP contribution < -0.4 is 5.32 Å². The zero-order chi connectivity index (χ0) is 8.69. The van der Waals surface area contributed by atoms with Crippen molar-refractivity contribution in [1.29, 1.82) is 5.26 Å². The minimum absolute atomic E-state index is 0.539. The predicted octanol–water partition coefficient (Wildman–Crippen LogP) is 1.43. The summed E-state index contributed by atoms with van der Waals surface area (Å²) >= 11 is 1.45. The van der Waals surface area contributed by atoms with Gasteiger partial charge in [-0.2, -0.15) is 5.26 Å². The van der Waals surface area contributed by atoms with Crippen LogP contribution in [0.1, 0.15) is 13.8 Å². The monoisotopic (exact) mass is 171 g/mol. The van der Waals surface area contributed by atoms with Gasteiger partial charge in [0.2, 0.25) is 0 Å². The second-order valence-electron chi connectivity index (χ2n) is 2.48. The summed E-state index contributed by atoms with van der Waals surface area (Å²) < 4.78 is 0. The lowest BCUT2D eigenvalue weighted by Crippen LogP contribution is -2.14. The summed E-state index contributed by atoms with van der Waals surface area (Å²) in [5.74, 6) is 0.539. The lowest BCUT2D eigenvalue weighted by molar-refractivity contribution is 0.665. The zero-order valence-electron chi connectivity index (χ0n) is 7.09. The SMILES string of the molecule is CSC(=NCC(C)C)NC#N. The van der Waals surface area contributed by atoms with E-state index in [4.69, 9.17) is 5.26 Å². The van der Waals surface area contributed by atoms with Gasteiger partial charge in [0.1, 0.15) is 0 Å². The van der Waals surface area contributed by atoms with Crippen molar-refractivity contribution in [2.24, 2.45) is 10.9 Å². The predicted molar refractivity (Wildman–Crippen MR) is 49.4 cm³/mol. The maximum Gasteiger partial charge on any atom is 0.183 e. The lowest BCUT2D eigenvalue weighted by atomic mass is 10.2. The van der Waals surface area contributed by atoms with Crippen molar-refractivity contribution >= 4 is 16.9 Å². The molecular formula is C7H13N3S. The van der Waals surface area contributed by atoms with Gasteiger partial charge in [0.05, 0.1) is 0 Å². The molecule has 0 aliphatic heterocycles. The van der Waals surface area contributed by atoms with Gasteiger partial charge in [0.25, 0.3) is 0 Å². The first kappa shape index (κ1) is 10.3. The first-order valence-corrected chi connectivity index (χ1v) is 4.66. The van der Waals surface area contributed by atoms with Crippen LogP contribution in [0.15, 0.2) is 4.99 Å². The Labute approximate surface area is 71.9 Å². The molecule has 0 atom stereocenters. The molecule has 4 heteroatoms. The molecule has 62 valence electrons. The van der Waals surface area contributed by atoms with Gasteiger partial charge in [-0.1, -0.05) is 25.6 Å². The Morgan fingerprint density at radius 1 is 1.73 bits per heavy atom. The summed E-state index contributed by atoms with van der Waals surface area (Å²) in [6, 6.07) is 0. The number of aliphatic imine (C=N–C) groups is 1. The smallest absolute Gasteiger partial charge is 0.183 e. The summed E-state index contributed by atoms with van der Waals surface area (Å²) in [5.41, 5.74) is 0. The molecule has 0 spiro atoms. The number of nitrogens with zero attached hydrogens (tertiary/aromatic N) is 2. The number of hydrogen-bond acceptors (Lipinski definition) is 3. The average Bonchev–Trinajstić information content (AvgIpc) is 1.97. The van der Waals surface area contributed by atoms with Gasteiger partial charge in [-0.25, -0.2) is 0 Å². The zero-order valence-corrected chi connectivity index (χ0v) is 7.90. The number of amidine groups is 1. The molecule has 0 aromatic rings. The second kappa shape index (κ2) is 6.05. The molecule has 0 aromatic carbocycles. The van der Waals surface area contributed by atoms with Crippen LogP contribution in [0, 0.1) is 17.4 Å². The van der Waals surface area contributed by atoms with Crippen LogP contribution in [-0.4, -0.2) is 18.0 Å². The Morgan fingerprint density at radius 2 is 2.36 bits per heavy atom. The first-order valence-electron chi connectivity index (χ1n) is 3.44. The second-order valence-corrected chi connectivity index (χ2v) is 3.28. The largest absolute Gasteiger partial charge is 0.272 e. The van der Waals surface area contributed by atoms with E-state index in [2.05, 4.69) is 24.2 Å². The molecule has 0 saturated carbocycles. The Morgan fingerprint density at radius 3 is 2.73 bits per heavy atom. The Balaban J connectivity index is 3.82. The first-order chi connectivity index (χ1) is 5.20. The molecule has 0 bridgehead atoms. The number of nitriles is 1. The van der Waals surface area contributed by atoms with Crippen molar-refractivity contribution in [3.63, 3.8) is 0 Å². The molecule has 0 rings (SSSR count). The molecule has 0 aliphatic rings. The van der Waals surface area contributed by atoms with E-state index < -0.39 is 0 Å². The Hall–Kier alpha value is -0.690. The van der Waals surface area contributed by atoms with Crippen LogP contribution in [-0.2, 0) is 0 Å². The highest BCUT2D eigenvalue weighted by atomic mass is 32.2. The Bertz CT molecular complexity index is 169. The standard InChI is InChI=1S/C7H13N3S/c1-6(2)4-9-7(11-3)10-5-8/h6H,4H2,1-3H3,(H,9,10). The van der Waals surface area contributed by atoms with E-state index >= 15 is 0 Å². The third kappa shape index (κ3) is 5.74.